The summed E-state index contributed by atoms with van der Waals surface area (Å²) < 4.78 is 37.3. The van der Waals surface area contributed by atoms with Crippen molar-refractivity contribution < 1.29 is 13.5 Å². The number of aromatic nitrogens is 5. The molecule has 2 bridgehead atoms. The number of nitrogens with zero attached hydrogens (tertiary/aromatic N) is 6. The van der Waals surface area contributed by atoms with Gasteiger partial charge in [-0.15, -0.1) is 0 Å². The number of methoxy groups -OCH3 is 1. The standard InChI is InChI=1S/C27H22ClF2N7O3/c1-40-25-24-20(10-22(33-25)35-16-2-3-17(35)12-31-11-16)36(15-4-5-19(30)18(28)9-15)27(39)37(26(24)38)23-13-32-21-8-14(29)6-7-34(21)23/h4-10,13,16-17,31H,2-3,11-12H2,1H3/t16-,17+. The van der Waals surface area contributed by atoms with Crippen LogP contribution in [-0.4, -0.2) is 55.8 Å². The van der Waals surface area contributed by atoms with Gasteiger partial charge < -0.3 is 15.0 Å². The maximum Gasteiger partial charge on any atom is 0.342 e. The Kier molecular flexibility index (Phi) is 5.65. The molecule has 1 aromatic carbocycles. The van der Waals surface area contributed by atoms with E-state index in [1.54, 1.807) is 6.07 Å². The van der Waals surface area contributed by atoms with Gasteiger partial charge in [-0.3, -0.25) is 13.8 Å². The zero-order valence-corrected chi connectivity index (χ0v) is 21.9. The number of anilines is 1. The third-order valence-corrected chi connectivity index (χ3v) is 7.97. The lowest BCUT2D eigenvalue weighted by molar-refractivity contribution is 0.400. The number of hydrogen-bond acceptors (Lipinski definition) is 7. The second-order valence-electron chi connectivity index (χ2n) is 9.88. The largest absolute Gasteiger partial charge is 0.480 e. The summed E-state index contributed by atoms with van der Waals surface area (Å²) in [7, 11) is 1.41. The number of fused-ring (bicyclic) bond motifs is 4. The molecular weight excluding hydrogens is 544 g/mol. The maximum atomic E-state index is 14.2. The molecule has 2 aliphatic heterocycles. The van der Waals surface area contributed by atoms with Crippen molar-refractivity contribution in [3.05, 3.63) is 86.3 Å². The van der Waals surface area contributed by atoms with E-state index in [9.17, 15) is 18.4 Å². The van der Waals surface area contributed by atoms with Crippen LogP contribution in [0, 0.1) is 11.6 Å². The van der Waals surface area contributed by atoms with Crippen LogP contribution >= 0.6 is 11.6 Å². The molecule has 0 radical (unpaired) electrons. The first kappa shape index (κ1) is 24.7. The summed E-state index contributed by atoms with van der Waals surface area (Å²) in [4.78, 5) is 39.4. The number of ether oxygens (including phenoxy) is 1. The van der Waals surface area contributed by atoms with Gasteiger partial charge in [-0.05, 0) is 37.1 Å². The topological polar surface area (TPSA) is 98.7 Å². The van der Waals surface area contributed by atoms with Crippen molar-refractivity contribution in [2.45, 2.75) is 24.9 Å². The summed E-state index contributed by atoms with van der Waals surface area (Å²) in [6.45, 7) is 1.57. The van der Waals surface area contributed by atoms with E-state index in [2.05, 4.69) is 15.2 Å². The van der Waals surface area contributed by atoms with E-state index in [1.165, 1.54) is 52.7 Å². The molecule has 40 heavy (non-hydrogen) atoms. The Labute approximate surface area is 230 Å². The summed E-state index contributed by atoms with van der Waals surface area (Å²) in [5.74, 6) is -0.486. The van der Waals surface area contributed by atoms with Gasteiger partial charge in [0.1, 0.15) is 34.3 Å². The third kappa shape index (κ3) is 3.63. The Morgan fingerprint density at radius 1 is 1.05 bits per heavy atom. The van der Waals surface area contributed by atoms with Crippen molar-refractivity contribution in [3.63, 3.8) is 0 Å². The Morgan fingerprint density at radius 3 is 2.55 bits per heavy atom. The van der Waals surface area contributed by atoms with Crippen molar-refractivity contribution in [1.29, 1.82) is 0 Å². The van der Waals surface area contributed by atoms with Gasteiger partial charge >= 0.3 is 5.69 Å². The van der Waals surface area contributed by atoms with E-state index in [1.807, 2.05) is 0 Å². The Morgan fingerprint density at radius 2 is 1.82 bits per heavy atom. The molecule has 2 fully saturated rings. The number of nitrogens with one attached hydrogen (secondary N) is 1. The predicted molar refractivity (Wildman–Crippen MR) is 145 cm³/mol. The molecule has 7 rings (SSSR count). The average Bonchev–Trinajstić information content (AvgIpc) is 3.46. The minimum Gasteiger partial charge on any atom is -0.480 e. The normalized spacial score (nSPS) is 18.6. The highest BCUT2D eigenvalue weighted by Gasteiger charge is 2.38. The minimum absolute atomic E-state index is 0.0332. The van der Waals surface area contributed by atoms with Crippen LogP contribution in [0.2, 0.25) is 5.02 Å². The van der Waals surface area contributed by atoms with Gasteiger partial charge in [0, 0.05) is 43.5 Å². The SMILES string of the molecule is COc1nc(N2[C@@H]3CC[C@H]2CNC3)cc2c1c(=O)n(-c1cnc3cc(F)ccn13)c(=O)n2-c1ccc(F)c(Cl)c1. The van der Waals surface area contributed by atoms with E-state index in [0.717, 1.165) is 36.6 Å². The molecule has 2 aliphatic rings. The van der Waals surface area contributed by atoms with Gasteiger partial charge in [-0.1, -0.05) is 11.6 Å². The first-order valence-corrected chi connectivity index (χ1v) is 13.1. The van der Waals surface area contributed by atoms with E-state index in [-0.39, 0.29) is 51.0 Å². The van der Waals surface area contributed by atoms with Gasteiger partial charge in [-0.2, -0.15) is 4.98 Å². The molecule has 204 valence electrons. The number of benzene rings is 1. The molecule has 0 aliphatic carbocycles. The van der Waals surface area contributed by atoms with Crippen molar-refractivity contribution >= 4 is 34.0 Å². The first-order chi connectivity index (χ1) is 19.4. The van der Waals surface area contributed by atoms with E-state index in [0.29, 0.717) is 5.82 Å². The van der Waals surface area contributed by atoms with Crippen LogP contribution in [0.1, 0.15) is 12.8 Å². The zero-order valence-electron chi connectivity index (χ0n) is 21.1. The fourth-order valence-electron chi connectivity index (χ4n) is 5.89. The number of piperazine rings is 1. The highest BCUT2D eigenvalue weighted by atomic mass is 35.5. The molecule has 6 heterocycles. The van der Waals surface area contributed by atoms with E-state index in [4.69, 9.17) is 21.3 Å². The predicted octanol–water partition coefficient (Wildman–Crippen LogP) is 3.07. The summed E-state index contributed by atoms with van der Waals surface area (Å²) in [6.07, 6.45) is 4.64. The van der Waals surface area contributed by atoms with Crippen LogP contribution < -0.4 is 26.2 Å². The molecular formula is C27H22ClF2N7O3. The molecule has 0 saturated carbocycles. The molecule has 10 nitrogen and oxygen atoms in total. The summed E-state index contributed by atoms with van der Waals surface area (Å²) in [5, 5.41) is 3.27. The fourth-order valence-corrected chi connectivity index (χ4v) is 6.07. The lowest BCUT2D eigenvalue weighted by Crippen LogP contribution is -2.52. The van der Waals surface area contributed by atoms with E-state index < -0.39 is 22.9 Å². The Hall–Kier alpha value is -4.29. The lowest BCUT2D eigenvalue weighted by Gasteiger charge is -2.36. The van der Waals surface area contributed by atoms with Gasteiger partial charge in [0.25, 0.3) is 5.56 Å². The summed E-state index contributed by atoms with van der Waals surface area (Å²) >= 11 is 6.13. The highest BCUT2D eigenvalue weighted by molar-refractivity contribution is 6.30. The van der Waals surface area contributed by atoms with Gasteiger partial charge in [0.15, 0.2) is 0 Å². The molecule has 13 heteroatoms. The van der Waals surface area contributed by atoms with Crippen molar-refractivity contribution in [3.8, 4) is 17.4 Å². The van der Waals surface area contributed by atoms with Crippen molar-refractivity contribution in [1.82, 2.24) is 28.8 Å². The molecule has 2 atom stereocenters. The van der Waals surface area contributed by atoms with Crippen LogP contribution in [0.3, 0.4) is 0 Å². The molecule has 5 aromatic rings. The fraction of sp³-hybridized carbons (Fsp3) is 0.259. The molecule has 1 N–H and O–H groups in total. The van der Waals surface area contributed by atoms with Crippen molar-refractivity contribution in [2.75, 3.05) is 25.1 Å². The van der Waals surface area contributed by atoms with Crippen LogP contribution in [0.4, 0.5) is 14.6 Å². The second-order valence-corrected chi connectivity index (χ2v) is 10.3. The second kappa shape index (κ2) is 9.14. The number of hydrogen-bond donors (Lipinski definition) is 1. The first-order valence-electron chi connectivity index (χ1n) is 12.7. The van der Waals surface area contributed by atoms with E-state index >= 15 is 0 Å². The Balaban J connectivity index is 1.59. The summed E-state index contributed by atoms with van der Waals surface area (Å²) in [6, 6.07) is 8.35. The quantitative estimate of drug-likeness (QED) is 0.358. The number of imidazole rings is 1. The molecule has 2 saturated heterocycles. The molecule has 4 aromatic heterocycles. The van der Waals surface area contributed by atoms with Crippen LogP contribution in [-0.2, 0) is 0 Å². The molecule has 0 spiro atoms. The van der Waals surface area contributed by atoms with Gasteiger partial charge in [0.2, 0.25) is 5.88 Å². The Bertz CT molecular complexity index is 1940. The molecule has 0 amide bonds. The monoisotopic (exact) mass is 565 g/mol. The van der Waals surface area contributed by atoms with Crippen LogP contribution in [0.25, 0.3) is 28.1 Å². The summed E-state index contributed by atoms with van der Waals surface area (Å²) in [5.41, 5.74) is -0.790. The maximum absolute atomic E-state index is 14.2. The smallest absolute Gasteiger partial charge is 0.342 e. The number of rotatable bonds is 4. The molecule has 0 unspecified atom stereocenters. The lowest BCUT2D eigenvalue weighted by atomic mass is 10.2. The van der Waals surface area contributed by atoms with Gasteiger partial charge in [0.05, 0.1) is 29.5 Å². The number of pyridine rings is 2. The number of halogens is 3. The van der Waals surface area contributed by atoms with Crippen molar-refractivity contribution in [2.24, 2.45) is 0 Å². The average molecular weight is 566 g/mol. The van der Waals surface area contributed by atoms with Crippen LogP contribution in [0.15, 0.2) is 58.4 Å². The van der Waals surface area contributed by atoms with Crippen LogP contribution in [0.5, 0.6) is 5.88 Å². The minimum atomic E-state index is -0.756. The third-order valence-electron chi connectivity index (χ3n) is 7.68. The van der Waals surface area contributed by atoms with Gasteiger partial charge in [-0.25, -0.2) is 23.1 Å². The zero-order chi connectivity index (χ0) is 27.7. The highest BCUT2D eigenvalue weighted by Crippen LogP contribution is 2.35.